The second-order valence-corrected chi connectivity index (χ2v) is 5.72. The molecule has 0 aromatic carbocycles. The largest absolute Gasteiger partial charge is 0.354 e. The lowest BCUT2D eigenvalue weighted by Gasteiger charge is -2.28. The van der Waals surface area contributed by atoms with Crippen molar-refractivity contribution in [1.29, 1.82) is 0 Å². The molecule has 0 spiro atoms. The van der Waals surface area contributed by atoms with Crippen LogP contribution in [0, 0.1) is 5.41 Å². The fraction of sp³-hybridized carbons (Fsp3) is 0.700. The second kappa shape index (κ2) is 4.56. The molecule has 0 radical (unpaired) electrons. The Bertz CT molecular complexity index is 527. The van der Waals surface area contributed by atoms with Crippen LogP contribution < -0.4 is 17.2 Å². The van der Waals surface area contributed by atoms with Crippen LogP contribution in [0.3, 0.4) is 0 Å². The lowest BCUT2D eigenvalue weighted by Crippen LogP contribution is -2.48. The Balaban J connectivity index is 3.53. The molecule has 0 amide bonds. The zero-order valence-electron chi connectivity index (χ0n) is 10.7. The average molecular weight is 258 g/mol. The normalized spacial score (nSPS) is 13.7. The fourth-order valence-corrected chi connectivity index (χ4v) is 1.78. The van der Waals surface area contributed by atoms with Crippen molar-refractivity contribution in [2.24, 2.45) is 5.41 Å². The molecule has 0 aliphatic carbocycles. The molecule has 96 valence electrons. The van der Waals surface area contributed by atoms with Crippen LogP contribution in [-0.2, 0) is 0 Å². The summed E-state index contributed by atoms with van der Waals surface area (Å²) in [5.74, 6) is 5.60. The minimum atomic E-state index is -0.552. The van der Waals surface area contributed by atoms with Crippen LogP contribution in [-0.4, -0.2) is 20.5 Å². The summed E-state index contributed by atoms with van der Waals surface area (Å²) in [6, 6.07) is -0.277. The van der Waals surface area contributed by atoms with Gasteiger partial charge in [-0.2, -0.15) is 9.66 Å². The molecule has 1 rings (SSSR count). The SMILES string of the molecule is CSc1nc(=O)n([C@H](C)C(C)(C)C)c(=O)n1N. The van der Waals surface area contributed by atoms with Crippen molar-refractivity contribution in [2.45, 2.75) is 38.9 Å². The number of nitrogens with two attached hydrogens (primary N) is 1. The third-order valence-electron chi connectivity index (χ3n) is 2.84. The number of nitrogens with zero attached hydrogens (tertiary/aromatic N) is 3. The summed E-state index contributed by atoms with van der Waals surface area (Å²) in [7, 11) is 0. The molecule has 1 aromatic rings. The molecule has 17 heavy (non-hydrogen) atoms. The van der Waals surface area contributed by atoms with Gasteiger partial charge < -0.3 is 5.84 Å². The molecule has 6 nitrogen and oxygen atoms in total. The zero-order chi connectivity index (χ0) is 13.4. The number of aromatic nitrogens is 3. The number of hydrogen-bond donors (Lipinski definition) is 1. The lowest BCUT2D eigenvalue weighted by molar-refractivity contribution is 0.242. The third kappa shape index (κ3) is 2.54. The molecule has 2 N–H and O–H groups in total. The van der Waals surface area contributed by atoms with Gasteiger partial charge in [0.15, 0.2) is 5.16 Å². The number of thioether (sulfide) groups is 1. The summed E-state index contributed by atoms with van der Waals surface area (Å²) in [6.07, 6.45) is 1.71. The molecule has 0 bridgehead atoms. The predicted molar refractivity (Wildman–Crippen MR) is 68.9 cm³/mol. The molecule has 1 atom stereocenters. The predicted octanol–water partition coefficient (Wildman–Crippen LogP) is 0.448. The monoisotopic (exact) mass is 258 g/mol. The summed E-state index contributed by atoms with van der Waals surface area (Å²) in [6.45, 7) is 7.66. The molecule has 1 aromatic heterocycles. The van der Waals surface area contributed by atoms with Gasteiger partial charge in [0.2, 0.25) is 0 Å². The van der Waals surface area contributed by atoms with E-state index in [1.54, 1.807) is 6.26 Å². The van der Waals surface area contributed by atoms with E-state index >= 15 is 0 Å². The van der Waals surface area contributed by atoms with Gasteiger partial charge in [0, 0.05) is 6.04 Å². The Morgan fingerprint density at radius 3 is 2.29 bits per heavy atom. The first-order chi connectivity index (χ1) is 7.70. The summed E-state index contributed by atoms with van der Waals surface area (Å²) >= 11 is 1.17. The van der Waals surface area contributed by atoms with Crippen LogP contribution in [0.15, 0.2) is 14.7 Å². The van der Waals surface area contributed by atoms with Crippen LogP contribution in [0.25, 0.3) is 0 Å². The summed E-state index contributed by atoms with van der Waals surface area (Å²) in [5.41, 5.74) is -1.31. The first-order valence-electron chi connectivity index (χ1n) is 5.24. The van der Waals surface area contributed by atoms with Crippen LogP contribution in [0.4, 0.5) is 0 Å². The van der Waals surface area contributed by atoms with Crippen molar-refractivity contribution < 1.29 is 0 Å². The Hall–Kier alpha value is -1.24. The molecular weight excluding hydrogens is 240 g/mol. The number of hydrogen-bond acceptors (Lipinski definition) is 5. The topological polar surface area (TPSA) is 82.9 Å². The highest BCUT2D eigenvalue weighted by Gasteiger charge is 2.26. The third-order valence-corrected chi connectivity index (χ3v) is 3.49. The molecule has 0 aliphatic rings. The van der Waals surface area contributed by atoms with Gasteiger partial charge in [-0.05, 0) is 18.6 Å². The van der Waals surface area contributed by atoms with Gasteiger partial charge in [-0.1, -0.05) is 32.5 Å². The first-order valence-corrected chi connectivity index (χ1v) is 6.47. The maximum Gasteiger partial charge on any atom is 0.354 e. The highest BCUT2D eigenvalue weighted by Crippen LogP contribution is 2.27. The molecule has 0 aliphatic heterocycles. The van der Waals surface area contributed by atoms with Crippen molar-refractivity contribution in [1.82, 2.24) is 14.2 Å². The zero-order valence-corrected chi connectivity index (χ0v) is 11.5. The molecule has 1 heterocycles. The Morgan fingerprint density at radius 2 is 1.88 bits per heavy atom. The first kappa shape index (κ1) is 13.8. The van der Waals surface area contributed by atoms with E-state index in [1.807, 2.05) is 27.7 Å². The van der Waals surface area contributed by atoms with Crippen LogP contribution in [0.2, 0.25) is 0 Å². The highest BCUT2D eigenvalue weighted by molar-refractivity contribution is 7.98. The minimum Gasteiger partial charge on any atom is -0.333 e. The van der Waals surface area contributed by atoms with E-state index in [0.29, 0.717) is 0 Å². The molecule has 0 unspecified atom stereocenters. The fourth-order valence-electron chi connectivity index (χ4n) is 1.33. The lowest BCUT2D eigenvalue weighted by atomic mass is 9.88. The van der Waals surface area contributed by atoms with Crippen molar-refractivity contribution in [3.05, 3.63) is 21.0 Å². The van der Waals surface area contributed by atoms with Gasteiger partial charge in [0.05, 0.1) is 0 Å². The van der Waals surface area contributed by atoms with E-state index < -0.39 is 11.4 Å². The molecule has 0 fully saturated rings. The summed E-state index contributed by atoms with van der Waals surface area (Å²) in [5, 5.41) is 0.220. The molecule has 7 heteroatoms. The number of rotatable bonds is 2. The van der Waals surface area contributed by atoms with Crippen LogP contribution >= 0.6 is 11.8 Å². The van der Waals surface area contributed by atoms with Crippen molar-refractivity contribution in [2.75, 3.05) is 12.1 Å². The minimum absolute atomic E-state index is 0.220. The van der Waals surface area contributed by atoms with E-state index in [0.717, 1.165) is 9.24 Å². The second-order valence-electron chi connectivity index (χ2n) is 4.95. The van der Waals surface area contributed by atoms with E-state index in [4.69, 9.17) is 5.84 Å². The quantitative estimate of drug-likeness (QED) is 0.615. The van der Waals surface area contributed by atoms with Crippen molar-refractivity contribution >= 4 is 11.8 Å². The van der Waals surface area contributed by atoms with Gasteiger partial charge in [0.1, 0.15) is 0 Å². The maximum absolute atomic E-state index is 12.0. The van der Waals surface area contributed by atoms with Gasteiger partial charge in [-0.25, -0.2) is 14.2 Å². The van der Waals surface area contributed by atoms with Gasteiger partial charge in [-0.15, -0.1) is 0 Å². The summed E-state index contributed by atoms with van der Waals surface area (Å²) in [4.78, 5) is 27.6. The highest BCUT2D eigenvalue weighted by atomic mass is 32.2. The van der Waals surface area contributed by atoms with Crippen LogP contribution in [0.5, 0.6) is 0 Å². The van der Waals surface area contributed by atoms with Gasteiger partial charge in [-0.3, -0.25) is 0 Å². The van der Waals surface area contributed by atoms with E-state index in [2.05, 4.69) is 4.98 Å². The maximum atomic E-state index is 12.0. The molecular formula is C10H18N4O2S. The summed E-state index contributed by atoms with van der Waals surface area (Å²) < 4.78 is 2.01. The number of nitrogen functional groups attached to an aromatic ring is 1. The Morgan fingerprint density at radius 1 is 1.35 bits per heavy atom. The van der Waals surface area contributed by atoms with Crippen molar-refractivity contribution in [3.8, 4) is 0 Å². The van der Waals surface area contributed by atoms with Gasteiger partial charge >= 0.3 is 11.4 Å². The van der Waals surface area contributed by atoms with Crippen molar-refractivity contribution in [3.63, 3.8) is 0 Å². The average Bonchev–Trinajstić information content (AvgIpc) is 2.22. The molecule has 0 saturated heterocycles. The van der Waals surface area contributed by atoms with E-state index in [-0.39, 0.29) is 16.6 Å². The van der Waals surface area contributed by atoms with Crippen LogP contribution in [0.1, 0.15) is 33.7 Å². The molecule has 0 saturated carbocycles. The smallest absolute Gasteiger partial charge is 0.333 e. The van der Waals surface area contributed by atoms with E-state index in [9.17, 15) is 9.59 Å². The Labute approximate surface area is 104 Å². The van der Waals surface area contributed by atoms with Gasteiger partial charge in [0.25, 0.3) is 0 Å². The van der Waals surface area contributed by atoms with E-state index in [1.165, 1.54) is 11.8 Å². The Kier molecular flexibility index (Phi) is 3.71. The standard InChI is InChI=1S/C10H18N4O2S/c1-6(10(2,3)4)13-7(15)12-8(17-5)14(11)9(13)16/h6H,11H2,1-5H3/t6-/m1/s1.